The van der Waals surface area contributed by atoms with Crippen molar-refractivity contribution in [3.63, 3.8) is 0 Å². The lowest BCUT2D eigenvalue weighted by Crippen LogP contribution is -1.95. The van der Waals surface area contributed by atoms with Gasteiger partial charge in [-0.2, -0.15) is 0 Å². The van der Waals surface area contributed by atoms with Crippen molar-refractivity contribution in [2.45, 2.75) is 0 Å². The molecule has 1 aliphatic heterocycles. The van der Waals surface area contributed by atoms with Gasteiger partial charge in [-0.3, -0.25) is 4.98 Å². The maximum absolute atomic E-state index is 5.98. The molecule has 4 aromatic rings. The number of furan rings is 1. The van der Waals surface area contributed by atoms with Crippen LogP contribution in [-0.4, -0.2) is 4.98 Å². The van der Waals surface area contributed by atoms with Crippen LogP contribution in [0.3, 0.4) is 0 Å². The summed E-state index contributed by atoms with van der Waals surface area (Å²) >= 11 is 0. The van der Waals surface area contributed by atoms with Gasteiger partial charge in [0.2, 0.25) is 5.75 Å². The fourth-order valence-corrected chi connectivity index (χ4v) is 2.79. The minimum absolute atomic E-state index is 0.377. The number of nitrogens with zero attached hydrogens (tertiary/aromatic N) is 1. The molecule has 4 heteroatoms. The summed E-state index contributed by atoms with van der Waals surface area (Å²) < 4.78 is 17.8. The summed E-state index contributed by atoms with van der Waals surface area (Å²) in [6.45, 7) is 0. The summed E-state index contributed by atoms with van der Waals surface area (Å²) in [6, 6.07) is 19.2. The molecule has 0 aliphatic carbocycles. The number of para-hydroxylation sites is 3. The first-order valence-electron chi connectivity index (χ1n) is 7.32. The number of ether oxygens (including phenoxy) is 2. The molecule has 23 heavy (non-hydrogen) atoms. The molecule has 0 saturated carbocycles. The number of aromatic nitrogens is 1. The SMILES string of the molecule is c1ccc(-c2cccc3c4c(oc23)Oc2ccccc2O4)nc1. The van der Waals surface area contributed by atoms with Crippen molar-refractivity contribution >= 4 is 11.0 Å². The van der Waals surface area contributed by atoms with Gasteiger partial charge in [0, 0.05) is 11.8 Å². The molecule has 0 saturated heterocycles. The molecule has 0 amide bonds. The van der Waals surface area contributed by atoms with Crippen molar-refractivity contribution in [1.29, 1.82) is 0 Å². The molecule has 2 aromatic heterocycles. The maximum Gasteiger partial charge on any atom is 0.336 e. The summed E-state index contributed by atoms with van der Waals surface area (Å²) in [5.41, 5.74) is 2.47. The lowest BCUT2D eigenvalue weighted by Gasteiger charge is -2.15. The summed E-state index contributed by atoms with van der Waals surface area (Å²) in [5.74, 6) is 2.32. The van der Waals surface area contributed by atoms with Crippen LogP contribution in [-0.2, 0) is 0 Å². The second kappa shape index (κ2) is 4.61. The molecule has 3 heterocycles. The molecule has 110 valence electrons. The Bertz CT molecular complexity index is 1020. The molecule has 0 fully saturated rings. The van der Waals surface area contributed by atoms with E-state index in [-0.39, 0.29) is 0 Å². The molecule has 0 radical (unpaired) electrons. The van der Waals surface area contributed by atoms with Crippen molar-refractivity contribution in [2.75, 3.05) is 0 Å². The Morgan fingerprint density at radius 2 is 1.57 bits per heavy atom. The summed E-state index contributed by atoms with van der Waals surface area (Å²) in [7, 11) is 0. The highest BCUT2D eigenvalue weighted by Gasteiger charge is 2.26. The van der Waals surface area contributed by atoms with E-state index >= 15 is 0 Å². The second-order valence-corrected chi connectivity index (χ2v) is 5.27. The average Bonchev–Trinajstić information content (AvgIpc) is 2.98. The van der Waals surface area contributed by atoms with Gasteiger partial charge in [0.15, 0.2) is 17.1 Å². The van der Waals surface area contributed by atoms with E-state index < -0.39 is 0 Å². The van der Waals surface area contributed by atoms with E-state index in [0.29, 0.717) is 28.8 Å². The number of rotatable bonds is 1. The smallest absolute Gasteiger partial charge is 0.336 e. The molecule has 0 spiro atoms. The van der Waals surface area contributed by atoms with E-state index in [0.717, 1.165) is 16.6 Å². The molecule has 0 bridgehead atoms. The molecular weight excluding hydrogens is 290 g/mol. The monoisotopic (exact) mass is 301 g/mol. The minimum atomic E-state index is 0.377. The molecule has 2 aromatic carbocycles. The third kappa shape index (κ3) is 1.82. The average molecular weight is 301 g/mol. The highest BCUT2D eigenvalue weighted by Crippen LogP contribution is 2.51. The van der Waals surface area contributed by atoms with E-state index in [2.05, 4.69) is 4.98 Å². The lowest BCUT2D eigenvalue weighted by atomic mass is 10.1. The van der Waals surface area contributed by atoms with Crippen molar-refractivity contribution in [2.24, 2.45) is 0 Å². The molecule has 1 aliphatic rings. The van der Waals surface area contributed by atoms with Gasteiger partial charge in [-0.05, 0) is 36.4 Å². The molecule has 0 N–H and O–H groups in total. The van der Waals surface area contributed by atoms with Crippen LogP contribution in [0.1, 0.15) is 0 Å². The summed E-state index contributed by atoms with van der Waals surface area (Å²) in [4.78, 5) is 4.40. The number of pyridine rings is 1. The van der Waals surface area contributed by atoms with Crippen molar-refractivity contribution < 1.29 is 13.9 Å². The largest absolute Gasteiger partial charge is 0.445 e. The fourth-order valence-electron chi connectivity index (χ4n) is 2.79. The number of fused-ring (bicyclic) bond motifs is 4. The molecule has 4 nitrogen and oxygen atoms in total. The predicted molar refractivity (Wildman–Crippen MR) is 86.0 cm³/mol. The standard InChI is InChI=1S/C19H11NO3/c1-2-10-16-15(9-1)21-18-13-7-5-6-12(14-8-3-4-11-20-14)17(13)23-19(18)22-16/h1-11H. The van der Waals surface area contributed by atoms with Crippen LogP contribution >= 0.6 is 0 Å². The van der Waals surface area contributed by atoms with Crippen LogP contribution in [0.4, 0.5) is 0 Å². The van der Waals surface area contributed by atoms with E-state index in [4.69, 9.17) is 13.9 Å². The van der Waals surface area contributed by atoms with Gasteiger partial charge in [0.1, 0.15) is 0 Å². The first-order valence-corrected chi connectivity index (χ1v) is 7.32. The quantitative estimate of drug-likeness (QED) is 0.416. The fraction of sp³-hybridized carbons (Fsp3) is 0. The Kier molecular flexibility index (Phi) is 2.46. The zero-order valence-corrected chi connectivity index (χ0v) is 12.0. The number of hydrogen-bond donors (Lipinski definition) is 0. The second-order valence-electron chi connectivity index (χ2n) is 5.27. The van der Waals surface area contributed by atoms with E-state index in [1.807, 2.05) is 60.7 Å². The van der Waals surface area contributed by atoms with Gasteiger partial charge in [0.25, 0.3) is 0 Å². The Labute approximate surface area is 131 Å². The Hall–Kier alpha value is -3.27. The lowest BCUT2D eigenvalue weighted by molar-refractivity contribution is 0.295. The third-order valence-corrected chi connectivity index (χ3v) is 3.84. The van der Waals surface area contributed by atoms with Crippen LogP contribution in [0.5, 0.6) is 23.2 Å². The van der Waals surface area contributed by atoms with Gasteiger partial charge in [-0.1, -0.05) is 24.3 Å². The summed E-state index contributed by atoms with van der Waals surface area (Å²) in [6.07, 6.45) is 1.76. The van der Waals surface area contributed by atoms with E-state index in [1.54, 1.807) is 6.20 Å². The van der Waals surface area contributed by atoms with Crippen LogP contribution in [0.25, 0.3) is 22.2 Å². The molecule has 0 atom stereocenters. The molecule has 5 rings (SSSR count). The minimum Gasteiger partial charge on any atom is -0.445 e. The van der Waals surface area contributed by atoms with Crippen LogP contribution in [0, 0.1) is 0 Å². The van der Waals surface area contributed by atoms with Crippen LogP contribution < -0.4 is 9.47 Å². The normalized spacial score (nSPS) is 12.2. The van der Waals surface area contributed by atoms with Gasteiger partial charge < -0.3 is 13.9 Å². The Morgan fingerprint density at radius 3 is 2.39 bits per heavy atom. The highest BCUT2D eigenvalue weighted by molar-refractivity contribution is 5.97. The van der Waals surface area contributed by atoms with Crippen LogP contribution in [0.15, 0.2) is 71.3 Å². The van der Waals surface area contributed by atoms with E-state index in [9.17, 15) is 0 Å². The van der Waals surface area contributed by atoms with Gasteiger partial charge in [0.05, 0.1) is 11.1 Å². The van der Waals surface area contributed by atoms with Crippen molar-refractivity contribution in [3.8, 4) is 34.5 Å². The first kappa shape index (κ1) is 12.3. The zero-order valence-electron chi connectivity index (χ0n) is 12.0. The summed E-state index contributed by atoms with van der Waals surface area (Å²) in [5, 5.41) is 0.873. The van der Waals surface area contributed by atoms with Gasteiger partial charge in [-0.25, -0.2) is 0 Å². The number of hydrogen-bond acceptors (Lipinski definition) is 4. The maximum atomic E-state index is 5.98. The molecule has 0 unspecified atom stereocenters. The van der Waals surface area contributed by atoms with Crippen molar-refractivity contribution in [1.82, 2.24) is 4.98 Å². The van der Waals surface area contributed by atoms with Gasteiger partial charge in [-0.15, -0.1) is 0 Å². The first-order chi connectivity index (χ1) is 11.4. The Balaban J connectivity index is 1.74. The topological polar surface area (TPSA) is 44.5 Å². The Morgan fingerprint density at radius 1 is 0.739 bits per heavy atom. The van der Waals surface area contributed by atoms with Crippen LogP contribution in [0.2, 0.25) is 0 Å². The van der Waals surface area contributed by atoms with E-state index in [1.165, 1.54) is 0 Å². The predicted octanol–water partition coefficient (Wildman–Crippen LogP) is 5.39. The zero-order chi connectivity index (χ0) is 15.2. The third-order valence-electron chi connectivity index (χ3n) is 3.84. The van der Waals surface area contributed by atoms with Gasteiger partial charge >= 0.3 is 5.95 Å². The number of benzene rings is 2. The van der Waals surface area contributed by atoms with Crippen molar-refractivity contribution in [3.05, 3.63) is 66.9 Å². The molecular formula is C19H11NO3. The highest BCUT2D eigenvalue weighted by atomic mass is 16.6.